The number of hydrogen-bond acceptors (Lipinski definition) is 7. The molecule has 2 heterocycles. The van der Waals surface area contributed by atoms with E-state index in [0.717, 1.165) is 4.90 Å². The van der Waals surface area contributed by atoms with E-state index in [1.54, 1.807) is 0 Å². The summed E-state index contributed by atoms with van der Waals surface area (Å²) in [6.07, 6.45) is 0. The molecule has 2 aliphatic rings. The van der Waals surface area contributed by atoms with Crippen molar-refractivity contribution in [2.45, 2.75) is 11.4 Å². The maximum absolute atomic E-state index is 12.2. The van der Waals surface area contributed by atoms with E-state index in [9.17, 15) is 24.3 Å². The fraction of sp³-hybridized carbons (Fsp3) is 0.250. The van der Waals surface area contributed by atoms with E-state index in [1.807, 2.05) is 0 Å². The van der Waals surface area contributed by atoms with Crippen LogP contribution in [0.25, 0.3) is 0 Å². The van der Waals surface area contributed by atoms with Gasteiger partial charge in [-0.25, -0.2) is 14.4 Å². The number of aliphatic carboxylic acids is 1. The predicted molar refractivity (Wildman–Crippen MR) is 89.4 cm³/mol. The van der Waals surface area contributed by atoms with Gasteiger partial charge in [-0.2, -0.15) is 0 Å². The molecule has 1 amide bonds. The van der Waals surface area contributed by atoms with Gasteiger partial charge in [0.05, 0.1) is 11.1 Å². The van der Waals surface area contributed by atoms with Crippen molar-refractivity contribution in [2.24, 2.45) is 5.73 Å². The number of carbonyl (C=O) groups is 4. The van der Waals surface area contributed by atoms with E-state index in [2.05, 4.69) is 0 Å². The lowest BCUT2D eigenvalue weighted by molar-refractivity contribution is -0.148. The zero-order valence-corrected chi connectivity index (χ0v) is 14.1. The highest BCUT2D eigenvalue weighted by atomic mass is 32.2. The lowest BCUT2D eigenvalue weighted by atomic mass is 10.0. The predicted octanol–water partition coefficient (Wildman–Crippen LogP) is 0.123. The molecule has 1 unspecified atom stereocenters. The molecule has 0 aromatic heterocycles. The first-order valence-electron chi connectivity index (χ1n) is 7.48. The molecule has 1 aromatic carbocycles. The Labute approximate surface area is 151 Å². The van der Waals surface area contributed by atoms with Gasteiger partial charge in [-0.3, -0.25) is 9.69 Å². The van der Waals surface area contributed by atoms with Crippen LogP contribution in [0.15, 0.2) is 35.5 Å². The standard InChI is InChI=1S/C16H14N2O7S/c17-10-12(19)18-11(15(22)23)7(6-26-13(10)18)5-25-16(24)9-4-2-1-3-8(9)14(20)21/h1-4,10,13H,5-6,17H2,(H,20,21)(H,22,23)/t10?,13-/m1/s1. The van der Waals surface area contributed by atoms with E-state index in [4.69, 9.17) is 15.6 Å². The minimum absolute atomic E-state index is 0.138. The van der Waals surface area contributed by atoms with E-state index < -0.39 is 35.2 Å². The van der Waals surface area contributed by atoms with E-state index >= 15 is 0 Å². The summed E-state index contributed by atoms with van der Waals surface area (Å²) in [5.41, 5.74) is 5.32. The number of benzene rings is 1. The van der Waals surface area contributed by atoms with Crippen molar-refractivity contribution in [3.05, 3.63) is 46.7 Å². The van der Waals surface area contributed by atoms with E-state index in [1.165, 1.54) is 36.0 Å². The lowest BCUT2D eigenvalue weighted by Gasteiger charge is -2.47. The van der Waals surface area contributed by atoms with Gasteiger partial charge in [-0.15, -0.1) is 11.8 Å². The Kier molecular flexibility index (Phi) is 4.70. The van der Waals surface area contributed by atoms with Gasteiger partial charge in [0.25, 0.3) is 0 Å². The number of carboxylic acids is 2. The molecule has 0 bridgehead atoms. The van der Waals surface area contributed by atoms with Crippen molar-refractivity contribution in [2.75, 3.05) is 12.4 Å². The van der Waals surface area contributed by atoms with Gasteiger partial charge in [-0.05, 0) is 12.1 Å². The average Bonchev–Trinajstić information content (AvgIpc) is 2.64. The molecular weight excluding hydrogens is 364 g/mol. The van der Waals surface area contributed by atoms with Crippen molar-refractivity contribution < 1.29 is 34.1 Å². The van der Waals surface area contributed by atoms with Gasteiger partial charge < -0.3 is 20.7 Å². The van der Waals surface area contributed by atoms with Crippen LogP contribution in [0.4, 0.5) is 0 Å². The molecule has 0 saturated carbocycles. The molecule has 26 heavy (non-hydrogen) atoms. The second-order valence-corrected chi connectivity index (χ2v) is 6.72. The summed E-state index contributed by atoms with van der Waals surface area (Å²) in [6.45, 7) is -0.368. The molecule has 1 saturated heterocycles. The van der Waals surface area contributed by atoms with Crippen LogP contribution in [0, 0.1) is 0 Å². The molecule has 0 aliphatic carbocycles. The Hall–Kier alpha value is -2.85. The number of β-lactam (4-membered cyclic amide) rings is 1. The van der Waals surface area contributed by atoms with Crippen LogP contribution in [-0.4, -0.2) is 62.7 Å². The molecule has 0 radical (unpaired) electrons. The number of hydrogen-bond donors (Lipinski definition) is 3. The summed E-state index contributed by atoms with van der Waals surface area (Å²) in [6, 6.07) is 4.79. The van der Waals surface area contributed by atoms with Crippen LogP contribution < -0.4 is 5.73 Å². The lowest BCUT2D eigenvalue weighted by Crippen LogP contribution is -2.68. The Morgan fingerprint density at radius 3 is 2.46 bits per heavy atom. The van der Waals surface area contributed by atoms with Crippen LogP contribution in [-0.2, 0) is 14.3 Å². The molecule has 9 nitrogen and oxygen atoms in total. The zero-order chi connectivity index (χ0) is 19.0. The Balaban J connectivity index is 1.80. The second kappa shape index (κ2) is 6.81. The normalized spacial score (nSPS) is 21.7. The van der Waals surface area contributed by atoms with Gasteiger partial charge in [0.15, 0.2) is 0 Å². The molecule has 1 fully saturated rings. The Bertz CT molecular complexity index is 851. The summed E-state index contributed by atoms with van der Waals surface area (Å²) < 4.78 is 5.10. The Morgan fingerprint density at radius 1 is 1.19 bits per heavy atom. The highest BCUT2D eigenvalue weighted by Crippen LogP contribution is 2.39. The third-order valence-corrected chi connectivity index (χ3v) is 5.41. The summed E-state index contributed by atoms with van der Waals surface area (Å²) in [5, 5.41) is 18.1. The number of rotatable bonds is 5. The van der Waals surface area contributed by atoms with Crippen LogP contribution in [0.2, 0.25) is 0 Å². The minimum atomic E-state index is -1.31. The number of ether oxygens (including phenoxy) is 1. The summed E-state index contributed by atoms with van der Waals surface area (Å²) in [5.74, 6) is -3.75. The SMILES string of the molecule is NC1C(=O)N2C(C(=O)O)=C(COC(=O)c3ccccc3C(=O)O)CS[C@H]12. The minimum Gasteiger partial charge on any atom is -0.478 e. The number of aromatic carboxylic acids is 1. The summed E-state index contributed by atoms with van der Waals surface area (Å²) in [7, 11) is 0. The molecule has 1 aromatic rings. The van der Waals surface area contributed by atoms with Crippen molar-refractivity contribution in [3.63, 3.8) is 0 Å². The smallest absolute Gasteiger partial charge is 0.352 e. The molecule has 0 spiro atoms. The molecule has 136 valence electrons. The highest BCUT2D eigenvalue weighted by Gasteiger charge is 2.51. The summed E-state index contributed by atoms with van der Waals surface area (Å²) >= 11 is 1.28. The van der Waals surface area contributed by atoms with Crippen LogP contribution in [0.3, 0.4) is 0 Å². The molecule has 3 rings (SSSR count). The third kappa shape index (κ3) is 2.93. The van der Waals surface area contributed by atoms with E-state index in [0.29, 0.717) is 0 Å². The number of amides is 1. The van der Waals surface area contributed by atoms with Crippen LogP contribution in [0.5, 0.6) is 0 Å². The number of carbonyl (C=O) groups excluding carboxylic acids is 2. The third-order valence-electron chi connectivity index (χ3n) is 4.05. The molecular formula is C16H14N2O7S. The van der Waals surface area contributed by atoms with Crippen molar-refractivity contribution >= 4 is 35.6 Å². The average molecular weight is 378 g/mol. The number of carboxylic acid groups (broad SMARTS) is 2. The van der Waals surface area contributed by atoms with Crippen molar-refractivity contribution in [3.8, 4) is 0 Å². The Morgan fingerprint density at radius 2 is 1.85 bits per heavy atom. The first-order chi connectivity index (χ1) is 12.3. The fourth-order valence-corrected chi connectivity index (χ4v) is 4.04. The number of nitrogens with zero attached hydrogens (tertiary/aromatic N) is 1. The molecule has 2 aliphatic heterocycles. The fourth-order valence-electron chi connectivity index (χ4n) is 2.77. The number of nitrogens with two attached hydrogens (primary N) is 1. The molecule has 4 N–H and O–H groups in total. The van der Waals surface area contributed by atoms with E-state index in [-0.39, 0.29) is 34.8 Å². The first-order valence-corrected chi connectivity index (χ1v) is 8.52. The van der Waals surface area contributed by atoms with Gasteiger partial charge in [0.1, 0.15) is 23.7 Å². The van der Waals surface area contributed by atoms with Crippen LogP contribution >= 0.6 is 11.8 Å². The van der Waals surface area contributed by atoms with Gasteiger partial charge in [-0.1, -0.05) is 12.1 Å². The number of thioether (sulfide) groups is 1. The molecule has 10 heteroatoms. The van der Waals surface area contributed by atoms with Gasteiger partial charge >= 0.3 is 17.9 Å². The van der Waals surface area contributed by atoms with Gasteiger partial charge in [0.2, 0.25) is 5.91 Å². The maximum atomic E-state index is 12.2. The summed E-state index contributed by atoms with van der Waals surface area (Å²) in [4.78, 5) is 47.9. The van der Waals surface area contributed by atoms with Crippen molar-refractivity contribution in [1.29, 1.82) is 0 Å². The number of esters is 1. The second-order valence-electron chi connectivity index (χ2n) is 5.62. The number of fused-ring (bicyclic) bond motifs is 1. The monoisotopic (exact) mass is 378 g/mol. The van der Waals surface area contributed by atoms with Gasteiger partial charge in [0, 0.05) is 11.3 Å². The highest BCUT2D eigenvalue weighted by molar-refractivity contribution is 8.00. The molecule has 2 atom stereocenters. The largest absolute Gasteiger partial charge is 0.478 e. The van der Waals surface area contributed by atoms with Crippen molar-refractivity contribution in [1.82, 2.24) is 4.90 Å². The van der Waals surface area contributed by atoms with Crippen LogP contribution in [0.1, 0.15) is 20.7 Å². The first kappa shape index (κ1) is 18.0. The maximum Gasteiger partial charge on any atom is 0.352 e. The topological polar surface area (TPSA) is 147 Å². The zero-order valence-electron chi connectivity index (χ0n) is 13.2. The quantitative estimate of drug-likeness (QED) is 0.480.